The molecule has 2 aromatic rings. The SMILES string of the molecule is CC(N)CC(CC(C)N)c1nc2ccccc2o1. The molecule has 1 heterocycles. The largest absolute Gasteiger partial charge is 0.440 e. The molecule has 0 radical (unpaired) electrons. The van der Waals surface area contributed by atoms with E-state index in [1.165, 1.54) is 0 Å². The topological polar surface area (TPSA) is 78.1 Å². The number of aromatic nitrogens is 1. The van der Waals surface area contributed by atoms with E-state index < -0.39 is 0 Å². The highest BCUT2D eigenvalue weighted by Crippen LogP contribution is 2.28. The molecule has 4 nitrogen and oxygen atoms in total. The second-order valence-electron chi connectivity index (χ2n) is 5.14. The first kappa shape index (κ1) is 13.1. The van der Waals surface area contributed by atoms with Crippen LogP contribution in [0.4, 0.5) is 0 Å². The molecule has 0 bridgehead atoms. The predicted molar refractivity (Wildman–Crippen MR) is 73.3 cm³/mol. The van der Waals surface area contributed by atoms with E-state index >= 15 is 0 Å². The van der Waals surface area contributed by atoms with Crippen molar-refractivity contribution < 1.29 is 4.42 Å². The summed E-state index contributed by atoms with van der Waals surface area (Å²) in [6, 6.07) is 8.02. The first-order valence-electron chi connectivity index (χ1n) is 6.43. The Labute approximate surface area is 107 Å². The Bertz CT molecular complexity index is 461. The maximum atomic E-state index is 5.89. The monoisotopic (exact) mass is 247 g/mol. The van der Waals surface area contributed by atoms with Crippen LogP contribution in [0.3, 0.4) is 0 Å². The van der Waals surface area contributed by atoms with Crippen LogP contribution >= 0.6 is 0 Å². The number of nitrogens with zero attached hydrogens (tertiary/aromatic N) is 1. The van der Waals surface area contributed by atoms with Crippen LogP contribution in [0.5, 0.6) is 0 Å². The molecule has 0 amide bonds. The summed E-state index contributed by atoms with van der Waals surface area (Å²) in [6.07, 6.45) is 1.68. The van der Waals surface area contributed by atoms with E-state index in [2.05, 4.69) is 4.98 Å². The lowest BCUT2D eigenvalue weighted by atomic mass is 9.94. The van der Waals surface area contributed by atoms with E-state index in [0.717, 1.165) is 29.8 Å². The van der Waals surface area contributed by atoms with Crippen LogP contribution in [0, 0.1) is 0 Å². The average molecular weight is 247 g/mol. The normalized spacial score (nSPS) is 16.7. The Morgan fingerprint density at radius 3 is 2.28 bits per heavy atom. The number of hydrogen-bond acceptors (Lipinski definition) is 4. The number of oxazole rings is 1. The fourth-order valence-electron chi connectivity index (χ4n) is 2.26. The van der Waals surface area contributed by atoms with Gasteiger partial charge in [0.15, 0.2) is 11.5 Å². The Hall–Kier alpha value is -1.39. The number of benzene rings is 1. The lowest BCUT2D eigenvalue weighted by molar-refractivity contribution is 0.397. The number of nitrogens with two attached hydrogens (primary N) is 2. The van der Waals surface area contributed by atoms with Gasteiger partial charge in [-0.3, -0.25) is 0 Å². The molecular weight excluding hydrogens is 226 g/mol. The van der Waals surface area contributed by atoms with Crippen molar-refractivity contribution in [2.45, 2.75) is 44.7 Å². The molecule has 1 aromatic heterocycles. The molecule has 0 fully saturated rings. The molecule has 0 saturated heterocycles. The van der Waals surface area contributed by atoms with Crippen molar-refractivity contribution in [3.63, 3.8) is 0 Å². The van der Waals surface area contributed by atoms with Crippen molar-refractivity contribution in [1.29, 1.82) is 0 Å². The minimum Gasteiger partial charge on any atom is -0.440 e. The fourth-order valence-corrected chi connectivity index (χ4v) is 2.26. The summed E-state index contributed by atoms with van der Waals surface area (Å²) in [5.74, 6) is 0.947. The number of rotatable bonds is 5. The average Bonchev–Trinajstić information content (AvgIpc) is 2.70. The lowest BCUT2D eigenvalue weighted by Crippen LogP contribution is -2.24. The van der Waals surface area contributed by atoms with Gasteiger partial charge in [0, 0.05) is 18.0 Å². The second-order valence-corrected chi connectivity index (χ2v) is 5.14. The minimum absolute atomic E-state index is 0.115. The highest BCUT2D eigenvalue weighted by molar-refractivity contribution is 5.72. The van der Waals surface area contributed by atoms with Gasteiger partial charge < -0.3 is 15.9 Å². The van der Waals surface area contributed by atoms with Crippen molar-refractivity contribution in [2.75, 3.05) is 0 Å². The van der Waals surface area contributed by atoms with Crippen LogP contribution in [0.1, 0.15) is 38.5 Å². The molecule has 18 heavy (non-hydrogen) atoms. The van der Waals surface area contributed by atoms with Crippen LogP contribution in [0.2, 0.25) is 0 Å². The van der Waals surface area contributed by atoms with Crippen molar-refractivity contribution in [3.8, 4) is 0 Å². The van der Waals surface area contributed by atoms with Gasteiger partial charge in [0.2, 0.25) is 0 Å². The fraction of sp³-hybridized carbons (Fsp3) is 0.500. The predicted octanol–water partition coefficient (Wildman–Crippen LogP) is 2.39. The van der Waals surface area contributed by atoms with Crippen molar-refractivity contribution in [1.82, 2.24) is 4.98 Å². The van der Waals surface area contributed by atoms with Gasteiger partial charge in [0.05, 0.1) is 0 Å². The molecule has 0 aliphatic heterocycles. The smallest absolute Gasteiger partial charge is 0.198 e. The molecule has 0 aliphatic carbocycles. The molecule has 0 spiro atoms. The molecule has 1 aromatic carbocycles. The zero-order valence-electron chi connectivity index (χ0n) is 11.0. The van der Waals surface area contributed by atoms with Gasteiger partial charge in [-0.1, -0.05) is 12.1 Å². The Morgan fingerprint density at radius 2 is 1.72 bits per heavy atom. The summed E-state index contributed by atoms with van der Waals surface area (Å²) < 4.78 is 5.81. The van der Waals surface area contributed by atoms with E-state index in [1.807, 2.05) is 38.1 Å². The van der Waals surface area contributed by atoms with Gasteiger partial charge in [0.25, 0.3) is 0 Å². The Morgan fingerprint density at radius 1 is 1.11 bits per heavy atom. The maximum absolute atomic E-state index is 5.89. The third kappa shape index (κ3) is 3.09. The summed E-state index contributed by atoms with van der Waals surface area (Å²) in [5.41, 5.74) is 13.5. The second kappa shape index (κ2) is 5.50. The number of hydrogen-bond donors (Lipinski definition) is 2. The summed E-state index contributed by atoms with van der Waals surface area (Å²) in [7, 11) is 0. The minimum atomic E-state index is 0.115. The third-order valence-electron chi connectivity index (χ3n) is 2.97. The molecule has 98 valence electrons. The molecule has 2 unspecified atom stereocenters. The zero-order chi connectivity index (χ0) is 13.1. The Kier molecular flexibility index (Phi) is 3.99. The first-order valence-corrected chi connectivity index (χ1v) is 6.43. The van der Waals surface area contributed by atoms with E-state index in [0.29, 0.717) is 0 Å². The van der Waals surface area contributed by atoms with Crippen LogP contribution < -0.4 is 11.5 Å². The number of para-hydroxylation sites is 2. The van der Waals surface area contributed by atoms with Gasteiger partial charge in [-0.15, -0.1) is 0 Å². The van der Waals surface area contributed by atoms with E-state index in [9.17, 15) is 0 Å². The van der Waals surface area contributed by atoms with Gasteiger partial charge in [-0.25, -0.2) is 4.98 Å². The summed E-state index contributed by atoms with van der Waals surface area (Å²) in [5, 5.41) is 0. The standard InChI is InChI=1S/C14H21N3O/c1-9(15)7-11(8-10(2)16)14-17-12-5-3-4-6-13(12)18-14/h3-6,9-11H,7-8,15-16H2,1-2H3. The zero-order valence-corrected chi connectivity index (χ0v) is 11.0. The van der Waals surface area contributed by atoms with Gasteiger partial charge >= 0.3 is 0 Å². The molecular formula is C14H21N3O. The highest BCUT2D eigenvalue weighted by atomic mass is 16.3. The van der Waals surface area contributed by atoms with Crippen LogP contribution in [0.25, 0.3) is 11.1 Å². The van der Waals surface area contributed by atoms with Gasteiger partial charge in [-0.05, 0) is 38.8 Å². The molecule has 2 atom stereocenters. The molecule has 0 aliphatic rings. The maximum Gasteiger partial charge on any atom is 0.198 e. The Balaban J connectivity index is 2.28. The number of fused-ring (bicyclic) bond motifs is 1. The summed E-state index contributed by atoms with van der Waals surface area (Å²) in [4.78, 5) is 4.54. The van der Waals surface area contributed by atoms with E-state index in [-0.39, 0.29) is 18.0 Å². The quantitative estimate of drug-likeness (QED) is 0.850. The van der Waals surface area contributed by atoms with E-state index in [1.54, 1.807) is 0 Å². The van der Waals surface area contributed by atoms with Crippen LogP contribution in [-0.2, 0) is 0 Å². The summed E-state index contributed by atoms with van der Waals surface area (Å²) in [6.45, 7) is 3.99. The summed E-state index contributed by atoms with van der Waals surface area (Å²) >= 11 is 0. The van der Waals surface area contributed by atoms with Crippen LogP contribution in [0.15, 0.2) is 28.7 Å². The van der Waals surface area contributed by atoms with Crippen molar-refractivity contribution in [3.05, 3.63) is 30.2 Å². The van der Waals surface area contributed by atoms with Crippen molar-refractivity contribution in [2.24, 2.45) is 11.5 Å². The lowest BCUT2D eigenvalue weighted by Gasteiger charge is -2.17. The molecule has 0 saturated carbocycles. The van der Waals surface area contributed by atoms with Crippen molar-refractivity contribution >= 4 is 11.1 Å². The van der Waals surface area contributed by atoms with Gasteiger partial charge in [0.1, 0.15) is 5.52 Å². The van der Waals surface area contributed by atoms with Gasteiger partial charge in [-0.2, -0.15) is 0 Å². The highest BCUT2D eigenvalue weighted by Gasteiger charge is 2.21. The van der Waals surface area contributed by atoms with Crippen LogP contribution in [-0.4, -0.2) is 17.1 Å². The molecule has 2 rings (SSSR count). The molecule has 4 N–H and O–H groups in total. The third-order valence-corrected chi connectivity index (χ3v) is 2.97. The molecule has 4 heteroatoms. The first-order chi connectivity index (χ1) is 8.56. The van der Waals surface area contributed by atoms with E-state index in [4.69, 9.17) is 15.9 Å².